The molecule has 2 aliphatic rings. The molecule has 10 heteroatoms. The zero-order valence-electron chi connectivity index (χ0n) is 18.5. The van der Waals surface area contributed by atoms with Gasteiger partial charge in [-0.2, -0.15) is 0 Å². The van der Waals surface area contributed by atoms with E-state index in [1.54, 1.807) is 19.2 Å². The minimum Gasteiger partial charge on any atom is -0.497 e. The first-order valence-corrected chi connectivity index (χ1v) is 10.7. The third-order valence-corrected chi connectivity index (χ3v) is 5.61. The van der Waals surface area contributed by atoms with Gasteiger partial charge in [-0.15, -0.1) is 0 Å². The average molecular weight is 450 g/mol. The van der Waals surface area contributed by atoms with Crippen molar-refractivity contribution in [1.29, 1.82) is 0 Å². The van der Waals surface area contributed by atoms with Crippen molar-refractivity contribution in [3.63, 3.8) is 0 Å². The maximum atomic E-state index is 13.1. The molecule has 0 aromatic heterocycles. The van der Waals surface area contributed by atoms with Crippen LogP contribution in [0.4, 0.5) is 0 Å². The lowest BCUT2D eigenvalue weighted by Gasteiger charge is -2.34. The highest BCUT2D eigenvalue weighted by atomic mass is 16.5. The highest BCUT2D eigenvalue weighted by Gasteiger charge is 2.37. The molecule has 10 nitrogen and oxygen atoms in total. The van der Waals surface area contributed by atoms with Gasteiger partial charge in [0.2, 0.25) is 11.8 Å². The number of rotatable bonds is 10. The Morgan fingerprint density at radius 2 is 1.75 bits per heavy atom. The van der Waals surface area contributed by atoms with E-state index in [2.05, 4.69) is 10.6 Å². The second-order valence-corrected chi connectivity index (χ2v) is 7.87. The molecule has 0 radical (unpaired) electrons. The van der Waals surface area contributed by atoms with E-state index < -0.39 is 24.0 Å². The van der Waals surface area contributed by atoms with Crippen LogP contribution in [-0.2, 0) is 35.0 Å². The van der Waals surface area contributed by atoms with Gasteiger partial charge in [-0.3, -0.25) is 14.5 Å². The van der Waals surface area contributed by atoms with Crippen molar-refractivity contribution >= 4 is 17.8 Å². The zero-order chi connectivity index (χ0) is 22.9. The van der Waals surface area contributed by atoms with E-state index >= 15 is 0 Å². The minimum absolute atomic E-state index is 0.150. The Balaban J connectivity index is 1.63. The van der Waals surface area contributed by atoms with Gasteiger partial charge in [0, 0.05) is 25.4 Å². The summed E-state index contributed by atoms with van der Waals surface area (Å²) in [7, 11) is 2.85. The molecule has 0 aliphatic carbocycles. The fraction of sp³-hybridized carbons (Fsp3) is 0.591. The lowest BCUT2D eigenvalue weighted by atomic mass is 9.96. The van der Waals surface area contributed by atoms with Gasteiger partial charge in [-0.1, -0.05) is 12.1 Å². The standard InChI is InChI=1S/C22H31N3O7/c1-29-17-5-3-15(4-6-17)11-18(22(28)30-2)23-21(27)20(16-13-32-14-16)24-19(26)12-25-7-9-31-10-8-25/h3-6,16,18,20H,7-14H2,1-2H3,(H,23,27)(H,24,26). The number of hydrogen-bond donors (Lipinski definition) is 2. The first kappa shape index (κ1) is 24.0. The van der Waals surface area contributed by atoms with Crippen LogP contribution in [0.25, 0.3) is 0 Å². The van der Waals surface area contributed by atoms with Crippen molar-refractivity contribution in [2.45, 2.75) is 18.5 Å². The monoisotopic (exact) mass is 449 g/mol. The van der Waals surface area contributed by atoms with Crippen molar-refractivity contribution in [3.8, 4) is 5.75 Å². The van der Waals surface area contributed by atoms with E-state index in [1.165, 1.54) is 7.11 Å². The van der Waals surface area contributed by atoms with Gasteiger partial charge in [-0.25, -0.2) is 4.79 Å². The Morgan fingerprint density at radius 3 is 2.31 bits per heavy atom. The zero-order valence-corrected chi connectivity index (χ0v) is 18.5. The summed E-state index contributed by atoms with van der Waals surface area (Å²) in [6, 6.07) is 5.53. The molecule has 0 spiro atoms. The average Bonchev–Trinajstić information content (AvgIpc) is 2.77. The summed E-state index contributed by atoms with van der Waals surface area (Å²) >= 11 is 0. The predicted octanol–water partition coefficient (Wildman–Crippen LogP) is -0.641. The first-order valence-electron chi connectivity index (χ1n) is 10.7. The van der Waals surface area contributed by atoms with E-state index in [-0.39, 0.29) is 24.8 Å². The van der Waals surface area contributed by atoms with Crippen LogP contribution in [0, 0.1) is 5.92 Å². The molecule has 0 saturated carbocycles. The number of nitrogens with zero attached hydrogens (tertiary/aromatic N) is 1. The molecule has 2 amide bonds. The van der Waals surface area contributed by atoms with Crippen LogP contribution in [0.1, 0.15) is 5.56 Å². The molecule has 2 N–H and O–H groups in total. The van der Waals surface area contributed by atoms with Gasteiger partial charge < -0.3 is 29.6 Å². The van der Waals surface area contributed by atoms with Crippen molar-refractivity contribution in [1.82, 2.24) is 15.5 Å². The van der Waals surface area contributed by atoms with Crippen molar-refractivity contribution in [2.24, 2.45) is 5.92 Å². The van der Waals surface area contributed by atoms with Crippen LogP contribution in [-0.4, -0.2) is 95.0 Å². The van der Waals surface area contributed by atoms with Gasteiger partial charge >= 0.3 is 5.97 Å². The molecule has 1 aromatic rings. The predicted molar refractivity (Wildman–Crippen MR) is 114 cm³/mol. The van der Waals surface area contributed by atoms with E-state index in [4.69, 9.17) is 18.9 Å². The summed E-state index contributed by atoms with van der Waals surface area (Å²) in [5.41, 5.74) is 0.835. The van der Waals surface area contributed by atoms with Crippen LogP contribution in [0.3, 0.4) is 0 Å². The van der Waals surface area contributed by atoms with Crippen molar-refractivity contribution < 1.29 is 33.3 Å². The van der Waals surface area contributed by atoms with E-state index in [0.29, 0.717) is 45.3 Å². The maximum absolute atomic E-state index is 13.1. The van der Waals surface area contributed by atoms with Crippen LogP contribution >= 0.6 is 0 Å². The van der Waals surface area contributed by atoms with Gasteiger partial charge in [-0.05, 0) is 17.7 Å². The minimum atomic E-state index is -0.888. The summed E-state index contributed by atoms with van der Waals surface area (Å²) < 4.78 is 20.6. The fourth-order valence-corrected chi connectivity index (χ4v) is 3.62. The molecule has 2 fully saturated rings. The summed E-state index contributed by atoms with van der Waals surface area (Å²) in [6.45, 7) is 3.44. The van der Waals surface area contributed by atoms with Crippen LogP contribution in [0.2, 0.25) is 0 Å². The number of nitrogens with one attached hydrogen (secondary N) is 2. The highest BCUT2D eigenvalue weighted by molar-refractivity contribution is 5.91. The fourth-order valence-electron chi connectivity index (χ4n) is 3.62. The third-order valence-electron chi connectivity index (χ3n) is 5.61. The molecule has 2 atom stereocenters. The quantitative estimate of drug-likeness (QED) is 0.453. The smallest absolute Gasteiger partial charge is 0.328 e. The Bertz CT molecular complexity index is 776. The second kappa shape index (κ2) is 11.8. The van der Waals surface area contributed by atoms with E-state index in [9.17, 15) is 14.4 Å². The molecule has 2 saturated heterocycles. The number of methoxy groups -OCH3 is 2. The number of morpholine rings is 1. The number of ether oxygens (including phenoxy) is 4. The molecule has 0 bridgehead atoms. The number of hydrogen-bond acceptors (Lipinski definition) is 8. The SMILES string of the molecule is COC(=O)C(Cc1ccc(OC)cc1)NC(=O)C(NC(=O)CN1CCOCC1)C1COC1. The highest BCUT2D eigenvalue weighted by Crippen LogP contribution is 2.17. The normalized spacial score (nSPS) is 18.7. The van der Waals surface area contributed by atoms with Crippen molar-refractivity contribution in [3.05, 3.63) is 29.8 Å². The largest absolute Gasteiger partial charge is 0.497 e. The lowest BCUT2D eigenvalue weighted by Crippen LogP contribution is -2.60. The maximum Gasteiger partial charge on any atom is 0.328 e. The number of amides is 2. The molecule has 2 aliphatic heterocycles. The molecule has 32 heavy (non-hydrogen) atoms. The van der Waals surface area contributed by atoms with Gasteiger partial charge in [0.05, 0.1) is 47.2 Å². The van der Waals surface area contributed by atoms with Crippen LogP contribution in [0.5, 0.6) is 5.75 Å². The number of carbonyl (C=O) groups excluding carboxylic acids is 3. The second-order valence-electron chi connectivity index (χ2n) is 7.87. The Labute approximate surface area is 187 Å². The van der Waals surface area contributed by atoms with Crippen LogP contribution < -0.4 is 15.4 Å². The summed E-state index contributed by atoms with van der Waals surface area (Å²) in [4.78, 5) is 40.0. The molecule has 176 valence electrons. The third kappa shape index (κ3) is 6.65. The van der Waals surface area contributed by atoms with Gasteiger partial charge in [0.1, 0.15) is 17.8 Å². The molecular formula is C22H31N3O7. The Hall–Kier alpha value is -2.69. The molecular weight excluding hydrogens is 418 g/mol. The number of carbonyl (C=O) groups is 3. The van der Waals surface area contributed by atoms with Crippen molar-refractivity contribution in [2.75, 3.05) is 60.3 Å². The number of esters is 1. The Kier molecular flexibility index (Phi) is 8.83. The molecule has 2 unspecified atom stereocenters. The summed E-state index contributed by atoms with van der Waals surface area (Å²) in [6.07, 6.45) is 0.248. The van der Waals surface area contributed by atoms with E-state index in [1.807, 2.05) is 17.0 Å². The topological polar surface area (TPSA) is 115 Å². The molecule has 1 aromatic carbocycles. The summed E-state index contributed by atoms with van der Waals surface area (Å²) in [5, 5.41) is 5.58. The van der Waals surface area contributed by atoms with Crippen LogP contribution in [0.15, 0.2) is 24.3 Å². The number of benzene rings is 1. The first-order chi connectivity index (χ1) is 15.5. The summed E-state index contributed by atoms with van der Waals surface area (Å²) in [5.74, 6) is -0.693. The van der Waals surface area contributed by atoms with Gasteiger partial charge in [0.15, 0.2) is 0 Å². The van der Waals surface area contributed by atoms with Gasteiger partial charge in [0.25, 0.3) is 0 Å². The Morgan fingerprint density at radius 1 is 1.06 bits per heavy atom. The molecule has 2 heterocycles. The van der Waals surface area contributed by atoms with E-state index in [0.717, 1.165) is 5.56 Å². The lowest BCUT2D eigenvalue weighted by molar-refractivity contribution is -0.146. The molecule has 3 rings (SSSR count).